The molecule has 1 saturated carbocycles. The summed E-state index contributed by atoms with van der Waals surface area (Å²) >= 11 is 0. The van der Waals surface area contributed by atoms with E-state index in [9.17, 15) is 24.0 Å². The Balaban J connectivity index is 2.57. The van der Waals surface area contributed by atoms with Crippen LogP contribution in [-0.2, 0) is 64.9 Å². The number of hydrogen-bond donors (Lipinski definition) is 0. The van der Waals surface area contributed by atoms with Crippen LogP contribution in [0.5, 0.6) is 0 Å². The second-order valence-electron chi connectivity index (χ2n) is 13.4. The first-order valence-electron chi connectivity index (χ1n) is 15.4. The molecule has 2 unspecified atom stereocenters. The van der Waals surface area contributed by atoms with Crippen molar-refractivity contribution in [2.75, 3.05) is 35.5 Å². The highest BCUT2D eigenvalue weighted by atomic mass is 28.4. The van der Waals surface area contributed by atoms with E-state index in [-0.39, 0.29) is 30.7 Å². The van der Waals surface area contributed by atoms with Crippen molar-refractivity contribution >= 4 is 38.2 Å². The molecule has 2 rings (SSSR count). The number of carbonyl (C=O) groups is 5. The second kappa shape index (κ2) is 15.4. The van der Waals surface area contributed by atoms with Crippen LogP contribution >= 0.6 is 0 Å². The average Bonchev–Trinajstić information content (AvgIpc) is 3.68. The van der Waals surface area contributed by atoms with Gasteiger partial charge in [0.25, 0.3) is 0 Å². The van der Waals surface area contributed by atoms with E-state index in [1.807, 2.05) is 12.1 Å². The molecular formula is C35H50O11Si. The van der Waals surface area contributed by atoms with Gasteiger partial charge in [-0.3, -0.25) is 24.0 Å². The molecule has 0 bridgehead atoms. The van der Waals surface area contributed by atoms with Gasteiger partial charge in [-0.25, -0.2) is 0 Å². The van der Waals surface area contributed by atoms with Gasteiger partial charge in [-0.2, -0.15) is 0 Å². The van der Waals surface area contributed by atoms with E-state index in [0.29, 0.717) is 17.5 Å². The number of rotatable bonds is 16. The van der Waals surface area contributed by atoms with Crippen LogP contribution in [0.25, 0.3) is 0 Å². The Morgan fingerprint density at radius 3 is 1.83 bits per heavy atom. The van der Waals surface area contributed by atoms with Crippen molar-refractivity contribution in [1.29, 1.82) is 0 Å². The number of methoxy groups -OCH3 is 5. The van der Waals surface area contributed by atoms with Gasteiger partial charge in [0.05, 0.1) is 41.2 Å². The Hall–Kier alpha value is -3.77. The van der Waals surface area contributed by atoms with Crippen LogP contribution in [0.15, 0.2) is 49.1 Å². The van der Waals surface area contributed by atoms with E-state index < -0.39 is 60.5 Å². The summed E-state index contributed by atoms with van der Waals surface area (Å²) in [5.74, 6) is -4.90. The lowest BCUT2D eigenvalue weighted by atomic mass is 9.76. The molecule has 1 aliphatic rings. The Morgan fingerprint density at radius 1 is 0.851 bits per heavy atom. The molecule has 0 aliphatic heterocycles. The molecule has 47 heavy (non-hydrogen) atoms. The van der Waals surface area contributed by atoms with E-state index in [2.05, 4.69) is 40.4 Å². The molecule has 260 valence electrons. The van der Waals surface area contributed by atoms with Crippen molar-refractivity contribution in [3.63, 3.8) is 0 Å². The maximum Gasteiger partial charge on any atom is 0.323 e. The number of esters is 5. The summed E-state index contributed by atoms with van der Waals surface area (Å²) in [6.45, 7) is 14.6. The van der Waals surface area contributed by atoms with Gasteiger partial charge in [0.15, 0.2) is 19.7 Å². The van der Waals surface area contributed by atoms with Crippen LogP contribution in [0.2, 0.25) is 18.1 Å². The molecule has 1 aromatic carbocycles. The van der Waals surface area contributed by atoms with Crippen LogP contribution in [0.4, 0.5) is 0 Å². The summed E-state index contributed by atoms with van der Waals surface area (Å²) in [6.07, 6.45) is 4.87. The van der Waals surface area contributed by atoms with Crippen molar-refractivity contribution in [2.45, 2.75) is 76.6 Å². The molecule has 1 aromatic rings. The van der Waals surface area contributed by atoms with E-state index in [1.54, 1.807) is 18.2 Å². The topological polar surface area (TPSA) is 141 Å². The Morgan fingerprint density at radius 2 is 1.38 bits per heavy atom. The van der Waals surface area contributed by atoms with Crippen molar-refractivity contribution in [1.82, 2.24) is 0 Å². The molecule has 0 saturated heterocycles. The molecule has 0 amide bonds. The van der Waals surface area contributed by atoms with E-state index in [4.69, 9.17) is 28.1 Å². The third-order valence-electron chi connectivity index (χ3n) is 9.63. The minimum absolute atomic E-state index is 0.0894. The van der Waals surface area contributed by atoms with Gasteiger partial charge in [-0.05, 0) is 61.4 Å². The zero-order valence-electron chi connectivity index (χ0n) is 29.4. The van der Waals surface area contributed by atoms with Gasteiger partial charge >= 0.3 is 29.8 Å². The third-order valence-corrected chi connectivity index (χ3v) is 14.1. The van der Waals surface area contributed by atoms with Gasteiger partial charge in [0.2, 0.25) is 0 Å². The number of allylic oxidation sites excluding steroid dienone is 2. The maximum absolute atomic E-state index is 13.5. The summed E-state index contributed by atoms with van der Waals surface area (Å²) < 4.78 is 31.8. The van der Waals surface area contributed by atoms with Gasteiger partial charge in [0, 0.05) is 0 Å². The molecule has 0 N–H and O–H groups in total. The summed E-state index contributed by atoms with van der Waals surface area (Å²) in [5.41, 5.74) is -2.56. The van der Waals surface area contributed by atoms with Gasteiger partial charge < -0.3 is 28.1 Å². The molecule has 2 atom stereocenters. The zero-order chi connectivity index (χ0) is 35.8. The Labute approximate surface area is 279 Å². The van der Waals surface area contributed by atoms with Gasteiger partial charge in [0.1, 0.15) is 5.41 Å². The lowest BCUT2D eigenvalue weighted by Gasteiger charge is -2.40. The first-order valence-corrected chi connectivity index (χ1v) is 18.3. The van der Waals surface area contributed by atoms with Crippen molar-refractivity contribution < 1.29 is 52.1 Å². The van der Waals surface area contributed by atoms with Gasteiger partial charge in [-0.15, -0.1) is 6.58 Å². The third kappa shape index (κ3) is 8.03. The van der Waals surface area contributed by atoms with Crippen LogP contribution in [0.3, 0.4) is 0 Å². The molecule has 0 heterocycles. The fraction of sp³-hybridized carbons (Fsp3) is 0.571. The van der Waals surface area contributed by atoms with Crippen LogP contribution < -0.4 is 0 Å². The second-order valence-corrected chi connectivity index (χ2v) is 18.1. The average molecular weight is 675 g/mol. The monoisotopic (exact) mass is 674 g/mol. The first kappa shape index (κ1) is 39.4. The molecule has 1 aliphatic carbocycles. The first-order chi connectivity index (χ1) is 21.9. The summed E-state index contributed by atoms with van der Waals surface area (Å²) in [4.78, 5) is 64.6. The van der Waals surface area contributed by atoms with E-state index >= 15 is 0 Å². The maximum atomic E-state index is 13.5. The fourth-order valence-electron chi connectivity index (χ4n) is 5.68. The number of benzene rings is 1. The Kier molecular flexibility index (Phi) is 12.9. The molecule has 0 radical (unpaired) electrons. The lowest BCUT2D eigenvalue weighted by molar-refractivity contribution is -0.169. The van der Waals surface area contributed by atoms with Crippen LogP contribution in [-0.4, -0.2) is 79.3 Å². The van der Waals surface area contributed by atoms with E-state index in [0.717, 1.165) is 14.2 Å². The fourth-order valence-corrected chi connectivity index (χ4v) is 7.25. The van der Waals surface area contributed by atoms with E-state index in [1.165, 1.54) is 33.5 Å². The number of ether oxygens (including phenoxy) is 5. The van der Waals surface area contributed by atoms with Crippen molar-refractivity contribution in [2.24, 2.45) is 16.7 Å². The molecule has 12 heteroatoms. The highest BCUT2D eigenvalue weighted by Gasteiger charge is 2.74. The standard InChI is InChI=1S/C35H50O11Si/c1-12-35(46-47(10,11)32(2,3)4)23-34(35,31(40)45-9)22-25-18-14-13-17-24(25)21-33(29(38)43-7,30(39)44-8)20-16-15-19-26(27(36)41-5)28(37)42-6/h12-18,26H,1,19-23H2,2-11H3/b16-15+. The van der Waals surface area contributed by atoms with Crippen molar-refractivity contribution in [3.8, 4) is 0 Å². The summed E-state index contributed by atoms with van der Waals surface area (Å²) in [7, 11) is 3.63. The number of carbonyl (C=O) groups excluding carboxylic acids is 5. The predicted molar refractivity (Wildman–Crippen MR) is 176 cm³/mol. The molecule has 0 aromatic heterocycles. The van der Waals surface area contributed by atoms with Crippen LogP contribution in [0, 0.1) is 16.7 Å². The molecule has 0 spiro atoms. The smallest absolute Gasteiger partial charge is 0.323 e. The SMILES string of the molecule is C=CC1(O[Si](C)(C)C(C)(C)C)CC1(Cc1ccccc1CC(C/C=C/CC(C(=O)OC)C(=O)OC)(C(=O)OC)C(=O)OC)C(=O)OC. The minimum atomic E-state index is -2.37. The van der Waals surface area contributed by atoms with Gasteiger partial charge in [-0.1, -0.05) is 63.3 Å². The highest BCUT2D eigenvalue weighted by Crippen LogP contribution is 2.64. The van der Waals surface area contributed by atoms with Crippen LogP contribution in [0.1, 0.15) is 51.2 Å². The largest absolute Gasteiger partial charge is 0.468 e. The molecular weight excluding hydrogens is 624 g/mol. The summed E-state index contributed by atoms with van der Waals surface area (Å²) in [6, 6.07) is 7.21. The molecule has 11 nitrogen and oxygen atoms in total. The lowest BCUT2D eigenvalue weighted by Crippen LogP contribution is -2.47. The highest BCUT2D eigenvalue weighted by molar-refractivity contribution is 6.74. The normalized spacial score (nSPS) is 19.6. The predicted octanol–water partition coefficient (Wildman–Crippen LogP) is 4.91. The Bertz CT molecular complexity index is 1340. The zero-order valence-corrected chi connectivity index (χ0v) is 30.4. The molecule has 1 fully saturated rings. The van der Waals surface area contributed by atoms with Crippen molar-refractivity contribution in [3.05, 3.63) is 60.2 Å². The minimum Gasteiger partial charge on any atom is -0.468 e. The number of hydrogen-bond acceptors (Lipinski definition) is 11. The summed E-state index contributed by atoms with van der Waals surface area (Å²) in [5, 5.41) is -0.132. The quantitative estimate of drug-likeness (QED) is 0.0776.